The minimum Gasteiger partial charge on any atom is -0.338 e. The molecule has 2 rings (SSSR count). The van der Waals surface area contributed by atoms with Gasteiger partial charge in [-0.05, 0) is 18.6 Å². The van der Waals surface area contributed by atoms with Gasteiger partial charge in [-0.2, -0.15) is 4.98 Å². The van der Waals surface area contributed by atoms with Crippen molar-refractivity contribution in [3.8, 4) is 0 Å². The zero-order chi connectivity index (χ0) is 9.97. The van der Waals surface area contributed by atoms with Gasteiger partial charge in [-0.15, -0.1) is 0 Å². The molecule has 0 unspecified atom stereocenters. The highest BCUT2D eigenvalue weighted by Gasteiger charge is 2.16. The maximum Gasteiger partial charge on any atom is 0.229 e. The first-order valence-electron chi connectivity index (χ1n) is 4.54. The molecule has 2 heterocycles. The standard InChI is InChI=1S/C8H12ClN5/c1-13-2-4-14(5-3-13)8-11-6-10-7(9)12-8/h6H,2-5H2,1H3. The largest absolute Gasteiger partial charge is 0.338 e. The molecule has 1 fully saturated rings. The number of rotatable bonds is 1. The summed E-state index contributed by atoms with van der Waals surface area (Å²) >= 11 is 5.69. The lowest BCUT2D eigenvalue weighted by Crippen LogP contribution is -2.45. The van der Waals surface area contributed by atoms with Gasteiger partial charge in [0.05, 0.1) is 0 Å². The third kappa shape index (κ3) is 2.10. The summed E-state index contributed by atoms with van der Waals surface area (Å²) in [5.74, 6) is 0.679. The second-order valence-electron chi connectivity index (χ2n) is 3.34. The van der Waals surface area contributed by atoms with Crippen molar-refractivity contribution in [2.75, 3.05) is 38.1 Å². The van der Waals surface area contributed by atoms with E-state index in [9.17, 15) is 0 Å². The van der Waals surface area contributed by atoms with Crippen LogP contribution in [-0.2, 0) is 0 Å². The second kappa shape index (κ2) is 4.06. The average Bonchev–Trinajstić information content (AvgIpc) is 2.19. The van der Waals surface area contributed by atoms with Gasteiger partial charge in [0.15, 0.2) is 0 Å². The summed E-state index contributed by atoms with van der Waals surface area (Å²) in [6, 6.07) is 0. The van der Waals surface area contributed by atoms with Gasteiger partial charge in [-0.1, -0.05) is 0 Å². The van der Waals surface area contributed by atoms with Crippen LogP contribution in [0.25, 0.3) is 0 Å². The fourth-order valence-electron chi connectivity index (χ4n) is 1.43. The number of piperazine rings is 1. The molecule has 0 radical (unpaired) electrons. The maximum absolute atomic E-state index is 5.69. The Balaban J connectivity index is 2.08. The number of aromatic nitrogens is 3. The summed E-state index contributed by atoms with van der Waals surface area (Å²) in [5.41, 5.74) is 0. The lowest BCUT2D eigenvalue weighted by molar-refractivity contribution is 0.311. The monoisotopic (exact) mass is 213 g/mol. The van der Waals surface area contributed by atoms with Crippen LogP contribution in [-0.4, -0.2) is 53.1 Å². The Hall–Kier alpha value is -0.940. The minimum atomic E-state index is 0.258. The molecule has 1 aliphatic heterocycles. The van der Waals surface area contributed by atoms with Gasteiger partial charge in [-0.25, -0.2) is 9.97 Å². The van der Waals surface area contributed by atoms with E-state index < -0.39 is 0 Å². The first-order valence-corrected chi connectivity index (χ1v) is 4.91. The molecule has 1 aliphatic rings. The maximum atomic E-state index is 5.69. The molecule has 0 spiro atoms. The van der Waals surface area contributed by atoms with E-state index in [0.29, 0.717) is 5.95 Å². The Morgan fingerprint density at radius 3 is 2.57 bits per heavy atom. The highest BCUT2D eigenvalue weighted by Crippen LogP contribution is 2.10. The molecular formula is C8H12ClN5. The van der Waals surface area contributed by atoms with Gasteiger partial charge >= 0.3 is 0 Å². The van der Waals surface area contributed by atoms with Crippen LogP contribution in [0.5, 0.6) is 0 Å². The molecule has 0 aliphatic carbocycles. The molecule has 0 N–H and O–H groups in total. The van der Waals surface area contributed by atoms with Gasteiger partial charge in [-0.3, -0.25) is 0 Å². The second-order valence-corrected chi connectivity index (χ2v) is 3.68. The number of hydrogen-bond donors (Lipinski definition) is 0. The molecule has 6 heteroatoms. The zero-order valence-corrected chi connectivity index (χ0v) is 8.78. The van der Waals surface area contributed by atoms with Crippen molar-refractivity contribution in [2.45, 2.75) is 0 Å². The topological polar surface area (TPSA) is 45.2 Å². The SMILES string of the molecule is CN1CCN(c2ncnc(Cl)n2)CC1. The van der Waals surface area contributed by atoms with Crippen molar-refractivity contribution in [1.82, 2.24) is 19.9 Å². The summed E-state index contributed by atoms with van der Waals surface area (Å²) in [6.45, 7) is 3.94. The van der Waals surface area contributed by atoms with Crippen molar-refractivity contribution >= 4 is 17.5 Å². The Morgan fingerprint density at radius 2 is 1.93 bits per heavy atom. The van der Waals surface area contributed by atoms with Crippen LogP contribution >= 0.6 is 11.6 Å². The van der Waals surface area contributed by atoms with E-state index in [0.717, 1.165) is 26.2 Å². The highest BCUT2D eigenvalue weighted by molar-refractivity contribution is 6.28. The number of anilines is 1. The van der Waals surface area contributed by atoms with Gasteiger partial charge in [0.25, 0.3) is 0 Å². The molecule has 0 aromatic carbocycles. The highest BCUT2D eigenvalue weighted by atomic mass is 35.5. The molecule has 0 bridgehead atoms. The number of hydrogen-bond acceptors (Lipinski definition) is 5. The van der Waals surface area contributed by atoms with Crippen molar-refractivity contribution in [3.63, 3.8) is 0 Å². The van der Waals surface area contributed by atoms with Crippen LogP contribution in [0.2, 0.25) is 5.28 Å². The molecular weight excluding hydrogens is 202 g/mol. The van der Waals surface area contributed by atoms with Gasteiger partial charge < -0.3 is 9.80 Å². The van der Waals surface area contributed by atoms with E-state index in [1.807, 2.05) is 0 Å². The third-order valence-electron chi connectivity index (χ3n) is 2.32. The molecule has 1 aromatic heterocycles. The normalized spacial score (nSPS) is 18.6. The van der Waals surface area contributed by atoms with E-state index in [1.165, 1.54) is 6.33 Å². The summed E-state index contributed by atoms with van der Waals surface area (Å²) in [6.07, 6.45) is 1.45. The van der Waals surface area contributed by atoms with E-state index in [1.54, 1.807) is 0 Å². The van der Waals surface area contributed by atoms with Crippen LogP contribution in [0, 0.1) is 0 Å². The van der Waals surface area contributed by atoms with E-state index in [4.69, 9.17) is 11.6 Å². The third-order valence-corrected chi connectivity index (χ3v) is 2.50. The van der Waals surface area contributed by atoms with Crippen LogP contribution in [0.4, 0.5) is 5.95 Å². The Bertz CT molecular complexity index is 310. The molecule has 0 saturated carbocycles. The van der Waals surface area contributed by atoms with Crippen molar-refractivity contribution < 1.29 is 0 Å². The van der Waals surface area contributed by atoms with Crippen LogP contribution in [0.1, 0.15) is 0 Å². The molecule has 0 amide bonds. The first-order chi connectivity index (χ1) is 6.75. The Labute approximate surface area is 87.7 Å². The fourth-order valence-corrected chi connectivity index (χ4v) is 1.55. The van der Waals surface area contributed by atoms with Gasteiger partial charge in [0.1, 0.15) is 6.33 Å². The molecule has 1 aromatic rings. The molecule has 0 atom stereocenters. The molecule has 1 saturated heterocycles. The Morgan fingerprint density at radius 1 is 1.21 bits per heavy atom. The minimum absolute atomic E-state index is 0.258. The van der Waals surface area contributed by atoms with Crippen molar-refractivity contribution in [2.24, 2.45) is 0 Å². The fraction of sp³-hybridized carbons (Fsp3) is 0.625. The van der Waals surface area contributed by atoms with Crippen LogP contribution in [0.15, 0.2) is 6.33 Å². The zero-order valence-electron chi connectivity index (χ0n) is 8.02. The first kappa shape index (κ1) is 9.61. The quantitative estimate of drug-likeness (QED) is 0.671. The summed E-state index contributed by atoms with van der Waals surface area (Å²) < 4.78 is 0. The molecule has 5 nitrogen and oxygen atoms in total. The van der Waals surface area contributed by atoms with Crippen LogP contribution < -0.4 is 4.90 Å². The predicted molar refractivity (Wildman–Crippen MR) is 54.5 cm³/mol. The van der Waals surface area contributed by atoms with Gasteiger partial charge in [0.2, 0.25) is 11.2 Å². The lowest BCUT2D eigenvalue weighted by atomic mass is 10.3. The molecule has 76 valence electrons. The van der Waals surface area contributed by atoms with E-state index in [-0.39, 0.29) is 5.28 Å². The summed E-state index contributed by atoms with van der Waals surface area (Å²) in [7, 11) is 2.11. The molecule has 14 heavy (non-hydrogen) atoms. The lowest BCUT2D eigenvalue weighted by Gasteiger charge is -2.32. The van der Waals surface area contributed by atoms with E-state index in [2.05, 4.69) is 31.8 Å². The number of likely N-dealkylation sites (N-methyl/N-ethyl adjacent to an activating group) is 1. The van der Waals surface area contributed by atoms with Crippen molar-refractivity contribution in [3.05, 3.63) is 11.6 Å². The number of nitrogens with zero attached hydrogens (tertiary/aromatic N) is 5. The average molecular weight is 214 g/mol. The van der Waals surface area contributed by atoms with Crippen LogP contribution in [0.3, 0.4) is 0 Å². The summed E-state index contributed by atoms with van der Waals surface area (Å²) in [5, 5.41) is 0.258. The Kier molecular flexibility index (Phi) is 2.79. The number of halogens is 1. The smallest absolute Gasteiger partial charge is 0.229 e. The van der Waals surface area contributed by atoms with Gasteiger partial charge in [0, 0.05) is 26.2 Å². The van der Waals surface area contributed by atoms with E-state index >= 15 is 0 Å². The van der Waals surface area contributed by atoms with Crippen molar-refractivity contribution in [1.29, 1.82) is 0 Å². The predicted octanol–water partition coefficient (Wildman–Crippen LogP) is 0.277. The summed E-state index contributed by atoms with van der Waals surface area (Å²) in [4.78, 5) is 16.3.